The maximum absolute atomic E-state index is 12.3. The van der Waals surface area contributed by atoms with Crippen LogP contribution in [0.1, 0.15) is 34.1 Å². The first-order chi connectivity index (χ1) is 8.88. The molecule has 1 aliphatic heterocycles. The molecule has 0 saturated carbocycles. The van der Waals surface area contributed by atoms with Crippen LogP contribution in [0.15, 0.2) is 0 Å². The van der Waals surface area contributed by atoms with E-state index in [2.05, 4.69) is 13.8 Å². The van der Waals surface area contributed by atoms with Gasteiger partial charge >= 0.3 is 0 Å². The zero-order valence-electron chi connectivity index (χ0n) is 12.4. The molecule has 2 amide bonds. The van der Waals surface area contributed by atoms with Crippen LogP contribution in [-0.2, 0) is 9.59 Å². The molecule has 1 rings (SSSR count). The molecule has 0 aromatic rings. The van der Waals surface area contributed by atoms with Gasteiger partial charge in [-0.25, -0.2) is 0 Å². The van der Waals surface area contributed by atoms with Gasteiger partial charge in [0.2, 0.25) is 5.91 Å². The molecule has 1 saturated heterocycles. The second-order valence-electron chi connectivity index (χ2n) is 5.50. The standard InChI is InChI=1S/C14H26N2O3/c1-5-10(2)11(3)13(18)15-6-8-16(9-7-15)14(19)12(4)17/h10-12,17H,5-9H2,1-4H3. The van der Waals surface area contributed by atoms with Crippen molar-refractivity contribution < 1.29 is 14.7 Å². The summed E-state index contributed by atoms with van der Waals surface area (Å²) in [5.74, 6) is 0.342. The summed E-state index contributed by atoms with van der Waals surface area (Å²) in [6.07, 6.45) is 0.0363. The van der Waals surface area contributed by atoms with E-state index in [1.165, 1.54) is 6.92 Å². The zero-order valence-corrected chi connectivity index (χ0v) is 12.4. The molecule has 0 spiro atoms. The van der Waals surface area contributed by atoms with Crippen LogP contribution in [0.5, 0.6) is 0 Å². The third kappa shape index (κ3) is 3.93. The Morgan fingerprint density at radius 1 is 1.00 bits per heavy atom. The highest BCUT2D eigenvalue weighted by Crippen LogP contribution is 2.18. The van der Waals surface area contributed by atoms with Crippen molar-refractivity contribution >= 4 is 11.8 Å². The van der Waals surface area contributed by atoms with Crippen molar-refractivity contribution in [3.8, 4) is 0 Å². The molecule has 3 unspecified atom stereocenters. The lowest BCUT2D eigenvalue weighted by Gasteiger charge is -2.37. The van der Waals surface area contributed by atoms with Crippen molar-refractivity contribution in [1.29, 1.82) is 0 Å². The second kappa shape index (κ2) is 6.89. The Morgan fingerprint density at radius 2 is 1.42 bits per heavy atom. The Bertz CT molecular complexity index is 323. The molecular formula is C14H26N2O3. The highest BCUT2D eigenvalue weighted by atomic mass is 16.3. The van der Waals surface area contributed by atoms with Gasteiger partial charge in [0.25, 0.3) is 5.91 Å². The first-order valence-corrected chi connectivity index (χ1v) is 7.14. The van der Waals surface area contributed by atoms with Gasteiger partial charge in [0.15, 0.2) is 0 Å². The fourth-order valence-electron chi connectivity index (χ4n) is 2.30. The Balaban J connectivity index is 2.50. The number of nitrogens with zero attached hydrogens (tertiary/aromatic N) is 2. The van der Waals surface area contributed by atoms with Gasteiger partial charge in [0.05, 0.1) is 0 Å². The molecule has 3 atom stereocenters. The molecule has 1 aliphatic rings. The minimum absolute atomic E-state index is 0.0315. The van der Waals surface area contributed by atoms with Crippen LogP contribution in [0.4, 0.5) is 0 Å². The molecule has 1 N–H and O–H groups in total. The van der Waals surface area contributed by atoms with Crippen molar-refractivity contribution in [2.24, 2.45) is 11.8 Å². The van der Waals surface area contributed by atoms with E-state index in [0.717, 1.165) is 6.42 Å². The molecule has 5 nitrogen and oxygen atoms in total. The third-order valence-corrected chi connectivity index (χ3v) is 4.15. The van der Waals surface area contributed by atoms with Gasteiger partial charge in [-0.15, -0.1) is 0 Å². The third-order valence-electron chi connectivity index (χ3n) is 4.15. The summed E-state index contributed by atoms with van der Waals surface area (Å²) in [6.45, 7) is 9.81. The van der Waals surface area contributed by atoms with Crippen LogP contribution in [0.25, 0.3) is 0 Å². The minimum atomic E-state index is -0.957. The molecule has 0 aromatic heterocycles. The number of amides is 2. The Kier molecular flexibility index (Phi) is 5.79. The predicted octanol–water partition coefficient (Wildman–Crippen LogP) is 0.720. The van der Waals surface area contributed by atoms with Gasteiger partial charge < -0.3 is 14.9 Å². The highest BCUT2D eigenvalue weighted by Gasteiger charge is 2.29. The van der Waals surface area contributed by atoms with Crippen molar-refractivity contribution in [2.75, 3.05) is 26.2 Å². The lowest BCUT2D eigenvalue weighted by molar-refractivity contribution is -0.146. The van der Waals surface area contributed by atoms with Gasteiger partial charge in [0.1, 0.15) is 6.10 Å². The van der Waals surface area contributed by atoms with E-state index in [0.29, 0.717) is 32.1 Å². The van der Waals surface area contributed by atoms with E-state index in [9.17, 15) is 14.7 Å². The van der Waals surface area contributed by atoms with Crippen molar-refractivity contribution in [2.45, 2.75) is 40.2 Å². The molecular weight excluding hydrogens is 244 g/mol. The van der Waals surface area contributed by atoms with Crippen LogP contribution < -0.4 is 0 Å². The van der Waals surface area contributed by atoms with Crippen LogP contribution in [-0.4, -0.2) is 59.0 Å². The number of carbonyl (C=O) groups excluding carboxylic acids is 2. The largest absolute Gasteiger partial charge is 0.384 e. The number of hydrogen-bond donors (Lipinski definition) is 1. The van der Waals surface area contributed by atoms with E-state index < -0.39 is 6.10 Å². The predicted molar refractivity (Wildman–Crippen MR) is 73.5 cm³/mol. The first kappa shape index (κ1) is 16.0. The smallest absolute Gasteiger partial charge is 0.251 e. The zero-order chi connectivity index (χ0) is 14.6. The van der Waals surface area contributed by atoms with E-state index in [4.69, 9.17) is 0 Å². The number of piperazine rings is 1. The molecule has 1 fully saturated rings. The number of aliphatic hydroxyl groups is 1. The molecule has 19 heavy (non-hydrogen) atoms. The Hall–Kier alpha value is -1.10. The summed E-state index contributed by atoms with van der Waals surface area (Å²) in [7, 11) is 0. The molecule has 110 valence electrons. The lowest BCUT2D eigenvalue weighted by atomic mass is 9.92. The summed E-state index contributed by atoms with van der Waals surface area (Å²) >= 11 is 0. The van der Waals surface area contributed by atoms with E-state index in [1.807, 2.05) is 11.8 Å². The molecule has 5 heteroatoms. The topological polar surface area (TPSA) is 60.9 Å². The number of hydrogen-bond acceptors (Lipinski definition) is 3. The fourth-order valence-corrected chi connectivity index (χ4v) is 2.30. The first-order valence-electron chi connectivity index (χ1n) is 7.14. The summed E-state index contributed by atoms with van der Waals surface area (Å²) in [5.41, 5.74) is 0. The monoisotopic (exact) mass is 270 g/mol. The fraction of sp³-hybridized carbons (Fsp3) is 0.857. The van der Waals surface area contributed by atoms with Crippen molar-refractivity contribution in [3.05, 3.63) is 0 Å². The quantitative estimate of drug-likeness (QED) is 0.819. The molecule has 1 heterocycles. The Morgan fingerprint density at radius 3 is 1.79 bits per heavy atom. The van der Waals surface area contributed by atoms with Crippen molar-refractivity contribution in [1.82, 2.24) is 9.80 Å². The van der Waals surface area contributed by atoms with Gasteiger partial charge in [-0.1, -0.05) is 27.2 Å². The van der Waals surface area contributed by atoms with Gasteiger partial charge in [-0.2, -0.15) is 0 Å². The SMILES string of the molecule is CCC(C)C(C)C(=O)N1CCN(C(=O)C(C)O)CC1. The second-order valence-corrected chi connectivity index (χ2v) is 5.50. The highest BCUT2D eigenvalue weighted by molar-refractivity contribution is 5.81. The maximum Gasteiger partial charge on any atom is 0.251 e. The van der Waals surface area contributed by atoms with Crippen LogP contribution in [0.3, 0.4) is 0 Å². The number of rotatable bonds is 4. The van der Waals surface area contributed by atoms with Gasteiger partial charge in [-0.3, -0.25) is 9.59 Å². The number of carbonyl (C=O) groups is 2. The summed E-state index contributed by atoms with van der Waals surface area (Å²) in [4.78, 5) is 27.4. The minimum Gasteiger partial charge on any atom is -0.384 e. The summed E-state index contributed by atoms with van der Waals surface area (Å²) in [6, 6.07) is 0. The molecule has 0 aromatic carbocycles. The van der Waals surface area contributed by atoms with E-state index >= 15 is 0 Å². The molecule has 0 bridgehead atoms. The maximum atomic E-state index is 12.3. The summed E-state index contributed by atoms with van der Waals surface area (Å²) in [5, 5.41) is 9.27. The van der Waals surface area contributed by atoms with E-state index in [1.54, 1.807) is 4.90 Å². The van der Waals surface area contributed by atoms with Crippen molar-refractivity contribution in [3.63, 3.8) is 0 Å². The average Bonchev–Trinajstić information content (AvgIpc) is 2.44. The van der Waals surface area contributed by atoms with Crippen LogP contribution in [0.2, 0.25) is 0 Å². The summed E-state index contributed by atoms with van der Waals surface area (Å²) < 4.78 is 0. The lowest BCUT2D eigenvalue weighted by Crippen LogP contribution is -2.53. The normalized spacial score (nSPS) is 20.9. The van der Waals surface area contributed by atoms with Gasteiger partial charge in [-0.05, 0) is 12.8 Å². The Labute approximate surface area is 115 Å². The van der Waals surface area contributed by atoms with Gasteiger partial charge in [0, 0.05) is 32.1 Å². The average molecular weight is 270 g/mol. The van der Waals surface area contributed by atoms with Crippen LogP contribution in [0, 0.1) is 11.8 Å². The molecule has 0 radical (unpaired) electrons. The van der Waals surface area contributed by atoms with E-state index in [-0.39, 0.29) is 17.7 Å². The van der Waals surface area contributed by atoms with Crippen LogP contribution >= 0.6 is 0 Å². The number of aliphatic hydroxyl groups excluding tert-OH is 1. The molecule has 0 aliphatic carbocycles.